The molecule has 1 fully saturated rings. The molecular weight excluding hydrogens is 304 g/mol. The summed E-state index contributed by atoms with van der Waals surface area (Å²) < 4.78 is 1.94. The second-order valence-electron chi connectivity index (χ2n) is 5.50. The van der Waals surface area contributed by atoms with Crippen molar-refractivity contribution in [1.82, 2.24) is 19.8 Å². The molecule has 1 aliphatic carbocycles. The Bertz CT molecular complexity index is 756. The number of fused-ring (bicyclic) bond motifs is 1. The molecule has 0 aliphatic heterocycles. The van der Waals surface area contributed by atoms with Gasteiger partial charge in [-0.1, -0.05) is 54.3 Å². The van der Waals surface area contributed by atoms with Gasteiger partial charge in [0.05, 0.1) is 0 Å². The molecule has 3 aromatic rings. The highest BCUT2D eigenvalue weighted by Gasteiger charge is 2.23. The van der Waals surface area contributed by atoms with E-state index in [0.717, 1.165) is 26.4 Å². The Morgan fingerprint density at radius 1 is 1.05 bits per heavy atom. The molecule has 1 aliphatic rings. The normalized spacial score (nSPS) is 16.6. The quantitative estimate of drug-likeness (QED) is 0.696. The van der Waals surface area contributed by atoms with E-state index in [4.69, 9.17) is 16.7 Å². The lowest BCUT2D eigenvalue weighted by molar-refractivity contribution is 0.423. The van der Waals surface area contributed by atoms with Crippen molar-refractivity contribution in [3.8, 4) is 10.6 Å². The van der Waals surface area contributed by atoms with Crippen LogP contribution in [-0.2, 0) is 0 Å². The van der Waals surface area contributed by atoms with Crippen LogP contribution in [0.2, 0.25) is 5.02 Å². The van der Waals surface area contributed by atoms with E-state index in [2.05, 4.69) is 10.2 Å². The van der Waals surface area contributed by atoms with E-state index >= 15 is 0 Å². The molecule has 0 spiro atoms. The molecule has 4 nitrogen and oxygen atoms in total. The summed E-state index contributed by atoms with van der Waals surface area (Å²) >= 11 is 7.52. The summed E-state index contributed by atoms with van der Waals surface area (Å²) in [5.41, 5.74) is 1.07. The SMILES string of the molecule is Clc1ccc(-c2nn3c(C4CCCCC4)nnc3s2)cc1. The zero-order chi connectivity index (χ0) is 14.2. The van der Waals surface area contributed by atoms with Gasteiger partial charge in [0.1, 0.15) is 5.01 Å². The third kappa shape index (κ3) is 2.45. The van der Waals surface area contributed by atoms with Gasteiger partial charge in [-0.2, -0.15) is 9.61 Å². The smallest absolute Gasteiger partial charge is 0.187 e. The zero-order valence-electron chi connectivity index (χ0n) is 11.5. The molecule has 0 radical (unpaired) electrons. The minimum atomic E-state index is 0.508. The van der Waals surface area contributed by atoms with Gasteiger partial charge in [0.15, 0.2) is 5.82 Å². The molecule has 0 saturated heterocycles. The highest BCUT2D eigenvalue weighted by Crippen LogP contribution is 2.33. The van der Waals surface area contributed by atoms with Crippen LogP contribution < -0.4 is 0 Å². The molecule has 21 heavy (non-hydrogen) atoms. The van der Waals surface area contributed by atoms with Crippen LogP contribution in [0.15, 0.2) is 24.3 Å². The molecule has 1 saturated carbocycles. The lowest BCUT2D eigenvalue weighted by atomic mass is 9.89. The number of halogens is 1. The lowest BCUT2D eigenvalue weighted by Gasteiger charge is -2.18. The maximum Gasteiger partial charge on any atom is 0.234 e. The summed E-state index contributed by atoms with van der Waals surface area (Å²) in [5.74, 6) is 1.54. The Morgan fingerprint density at radius 2 is 1.81 bits per heavy atom. The molecular formula is C15H15ClN4S. The average Bonchev–Trinajstić information content (AvgIpc) is 3.09. The fourth-order valence-corrected chi connectivity index (χ4v) is 3.93. The van der Waals surface area contributed by atoms with Gasteiger partial charge in [0, 0.05) is 16.5 Å². The van der Waals surface area contributed by atoms with Gasteiger partial charge in [-0.3, -0.25) is 0 Å². The maximum absolute atomic E-state index is 5.94. The van der Waals surface area contributed by atoms with Crippen LogP contribution in [0.1, 0.15) is 43.8 Å². The predicted octanol–water partition coefficient (Wildman–Crippen LogP) is 4.55. The van der Waals surface area contributed by atoms with E-state index in [9.17, 15) is 0 Å². The van der Waals surface area contributed by atoms with Crippen LogP contribution in [-0.4, -0.2) is 19.8 Å². The molecule has 108 valence electrons. The standard InChI is InChI=1S/C15H15ClN4S/c16-12-8-6-11(7-9-12)14-19-20-13(17-18-15(20)21-14)10-4-2-1-3-5-10/h6-10H,1-5H2. The number of benzene rings is 1. The van der Waals surface area contributed by atoms with Crippen molar-refractivity contribution in [2.75, 3.05) is 0 Å². The molecule has 0 unspecified atom stereocenters. The lowest BCUT2D eigenvalue weighted by Crippen LogP contribution is -2.09. The first kappa shape index (κ1) is 13.2. The van der Waals surface area contributed by atoms with E-state index in [1.807, 2.05) is 28.8 Å². The summed E-state index contributed by atoms with van der Waals surface area (Å²) in [5, 5.41) is 15.1. The van der Waals surface area contributed by atoms with Crippen LogP contribution in [0.5, 0.6) is 0 Å². The highest BCUT2D eigenvalue weighted by atomic mass is 35.5. The van der Waals surface area contributed by atoms with Crippen molar-refractivity contribution in [2.45, 2.75) is 38.0 Å². The second-order valence-corrected chi connectivity index (χ2v) is 6.89. The van der Waals surface area contributed by atoms with Crippen LogP contribution in [0.25, 0.3) is 15.5 Å². The van der Waals surface area contributed by atoms with Gasteiger partial charge in [-0.25, -0.2) is 0 Å². The first-order valence-electron chi connectivity index (χ1n) is 7.29. The van der Waals surface area contributed by atoms with Gasteiger partial charge < -0.3 is 0 Å². The number of aromatic nitrogens is 4. The molecule has 0 bridgehead atoms. The molecule has 0 atom stereocenters. The third-order valence-electron chi connectivity index (χ3n) is 4.08. The van der Waals surface area contributed by atoms with Crippen LogP contribution in [0.4, 0.5) is 0 Å². The van der Waals surface area contributed by atoms with Gasteiger partial charge in [0.2, 0.25) is 4.96 Å². The number of hydrogen-bond acceptors (Lipinski definition) is 4. The van der Waals surface area contributed by atoms with E-state index in [0.29, 0.717) is 5.92 Å². The van der Waals surface area contributed by atoms with Crippen LogP contribution >= 0.6 is 22.9 Å². The van der Waals surface area contributed by atoms with Crippen molar-refractivity contribution in [2.24, 2.45) is 0 Å². The largest absolute Gasteiger partial charge is 0.234 e. The monoisotopic (exact) mass is 318 g/mol. The molecule has 6 heteroatoms. The summed E-state index contributed by atoms with van der Waals surface area (Å²) in [6.45, 7) is 0. The van der Waals surface area contributed by atoms with Gasteiger partial charge in [-0.15, -0.1) is 10.2 Å². The Morgan fingerprint density at radius 3 is 2.57 bits per heavy atom. The van der Waals surface area contributed by atoms with E-state index < -0.39 is 0 Å². The first-order valence-corrected chi connectivity index (χ1v) is 8.49. The summed E-state index contributed by atoms with van der Waals surface area (Å²) in [7, 11) is 0. The zero-order valence-corrected chi connectivity index (χ0v) is 13.1. The fraction of sp³-hybridized carbons (Fsp3) is 0.400. The van der Waals surface area contributed by atoms with Crippen molar-refractivity contribution < 1.29 is 0 Å². The van der Waals surface area contributed by atoms with Crippen molar-refractivity contribution in [3.63, 3.8) is 0 Å². The molecule has 4 rings (SSSR count). The number of nitrogens with zero attached hydrogens (tertiary/aromatic N) is 4. The Balaban J connectivity index is 1.73. The van der Waals surface area contributed by atoms with E-state index in [1.165, 1.54) is 32.1 Å². The van der Waals surface area contributed by atoms with E-state index in [-0.39, 0.29) is 0 Å². The minimum Gasteiger partial charge on any atom is -0.187 e. The maximum atomic E-state index is 5.94. The highest BCUT2D eigenvalue weighted by molar-refractivity contribution is 7.19. The van der Waals surface area contributed by atoms with Crippen molar-refractivity contribution in [1.29, 1.82) is 0 Å². The second kappa shape index (κ2) is 5.39. The molecule has 2 aromatic heterocycles. The predicted molar refractivity (Wildman–Crippen MR) is 84.9 cm³/mol. The molecule has 2 heterocycles. The minimum absolute atomic E-state index is 0.508. The Labute approximate surface area is 131 Å². The van der Waals surface area contributed by atoms with Gasteiger partial charge in [-0.05, 0) is 25.0 Å². The van der Waals surface area contributed by atoms with Gasteiger partial charge in [0.25, 0.3) is 0 Å². The topological polar surface area (TPSA) is 43.1 Å². The summed E-state index contributed by atoms with van der Waals surface area (Å²) in [6.07, 6.45) is 6.32. The summed E-state index contributed by atoms with van der Waals surface area (Å²) in [6, 6.07) is 7.77. The number of hydrogen-bond donors (Lipinski definition) is 0. The first-order chi connectivity index (χ1) is 10.3. The third-order valence-corrected chi connectivity index (χ3v) is 5.28. The van der Waals surface area contributed by atoms with E-state index in [1.54, 1.807) is 11.3 Å². The molecule has 0 amide bonds. The number of rotatable bonds is 2. The average molecular weight is 319 g/mol. The Kier molecular flexibility index (Phi) is 3.39. The van der Waals surface area contributed by atoms with Crippen molar-refractivity contribution in [3.05, 3.63) is 35.1 Å². The van der Waals surface area contributed by atoms with Crippen molar-refractivity contribution >= 4 is 27.9 Å². The molecule has 0 N–H and O–H groups in total. The molecule has 1 aromatic carbocycles. The van der Waals surface area contributed by atoms with Crippen LogP contribution in [0, 0.1) is 0 Å². The summed E-state index contributed by atoms with van der Waals surface area (Å²) in [4.78, 5) is 0.875. The van der Waals surface area contributed by atoms with Gasteiger partial charge >= 0.3 is 0 Å². The van der Waals surface area contributed by atoms with Crippen LogP contribution in [0.3, 0.4) is 0 Å². The fourth-order valence-electron chi connectivity index (χ4n) is 2.96. The Hall–Kier alpha value is -1.46.